The van der Waals surface area contributed by atoms with Crippen LogP contribution in [0.2, 0.25) is 0 Å². The fourth-order valence-electron chi connectivity index (χ4n) is 8.65. The number of aryl methyl sites for hydroxylation is 1. The van der Waals surface area contributed by atoms with E-state index < -0.39 is 0 Å². The van der Waals surface area contributed by atoms with Gasteiger partial charge in [-0.1, -0.05) is 32.4 Å². The average molecular weight is 409 g/mol. The lowest BCUT2D eigenvalue weighted by Gasteiger charge is -2.58. The van der Waals surface area contributed by atoms with Crippen LogP contribution in [0.25, 0.3) is 0 Å². The van der Waals surface area contributed by atoms with Gasteiger partial charge in [-0.3, -0.25) is 9.97 Å². The highest BCUT2D eigenvalue weighted by molar-refractivity contribution is 5.25. The summed E-state index contributed by atoms with van der Waals surface area (Å²) in [6, 6.07) is 0. The van der Waals surface area contributed by atoms with Gasteiger partial charge < -0.3 is 5.11 Å². The van der Waals surface area contributed by atoms with Crippen molar-refractivity contribution in [3.05, 3.63) is 35.9 Å². The Balaban J connectivity index is 1.31. The second kappa shape index (κ2) is 7.73. The molecule has 1 N–H and O–H groups in total. The molecule has 4 aliphatic rings. The molecule has 30 heavy (non-hydrogen) atoms. The number of allylic oxidation sites excluding steroid dienone is 1. The zero-order valence-corrected chi connectivity index (χ0v) is 19.2. The number of hydrogen-bond donors (Lipinski definition) is 1. The smallest absolute Gasteiger partial charge is 0.0586 e. The Morgan fingerprint density at radius 2 is 1.97 bits per heavy atom. The monoisotopic (exact) mass is 408 g/mol. The molecule has 1 heterocycles. The lowest BCUT2D eigenvalue weighted by atomic mass is 9.47. The molecule has 5 rings (SSSR count). The summed E-state index contributed by atoms with van der Waals surface area (Å²) in [5.74, 6) is 4.21. The minimum absolute atomic E-state index is 0.0965. The number of aromatic nitrogens is 2. The molecule has 3 saturated carbocycles. The third-order valence-electron chi connectivity index (χ3n) is 10.3. The fraction of sp³-hybridized carbons (Fsp3) is 0.778. The second-order valence-electron chi connectivity index (χ2n) is 11.6. The lowest BCUT2D eigenvalue weighted by molar-refractivity contribution is -0.0571. The van der Waals surface area contributed by atoms with E-state index in [0.29, 0.717) is 10.8 Å². The summed E-state index contributed by atoms with van der Waals surface area (Å²) >= 11 is 0. The van der Waals surface area contributed by atoms with E-state index in [-0.39, 0.29) is 6.10 Å². The quantitative estimate of drug-likeness (QED) is 0.623. The number of rotatable bonds is 4. The second-order valence-corrected chi connectivity index (χ2v) is 11.6. The van der Waals surface area contributed by atoms with E-state index >= 15 is 0 Å². The van der Waals surface area contributed by atoms with Gasteiger partial charge in [-0.25, -0.2) is 0 Å². The van der Waals surface area contributed by atoms with Crippen LogP contribution in [0.1, 0.15) is 84.3 Å². The molecule has 0 unspecified atom stereocenters. The summed E-state index contributed by atoms with van der Waals surface area (Å²) < 4.78 is 0. The zero-order chi connectivity index (χ0) is 20.9. The van der Waals surface area contributed by atoms with Crippen molar-refractivity contribution >= 4 is 0 Å². The molecule has 0 saturated heterocycles. The molecule has 3 nitrogen and oxygen atoms in total. The van der Waals surface area contributed by atoms with Crippen LogP contribution in [0.5, 0.6) is 0 Å². The van der Waals surface area contributed by atoms with Crippen LogP contribution in [0.4, 0.5) is 0 Å². The molecule has 164 valence electrons. The highest BCUT2D eigenvalue weighted by atomic mass is 16.3. The number of aliphatic hydroxyl groups excluding tert-OH is 1. The SMILES string of the molecule is C[C@H](CCc1cnccn1)[C@H]1CC[C@H]2[C@@H]3CC=C4C[C@@H](O)CC[C@]4(C)[C@H]3CC[C@]12C. The van der Waals surface area contributed by atoms with Crippen molar-refractivity contribution in [3.8, 4) is 0 Å². The summed E-state index contributed by atoms with van der Waals surface area (Å²) in [6.45, 7) is 7.69. The topological polar surface area (TPSA) is 46.0 Å². The molecule has 1 aromatic rings. The molecule has 0 amide bonds. The van der Waals surface area contributed by atoms with Gasteiger partial charge in [0.25, 0.3) is 0 Å². The van der Waals surface area contributed by atoms with Crippen LogP contribution < -0.4 is 0 Å². The first-order valence-electron chi connectivity index (χ1n) is 12.5. The minimum Gasteiger partial charge on any atom is -0.393 e. The number of hydrogen-bond acceptors (Lipinski definition) is 3. The van der Waals surface area contributed by atoms with Crippen molar-refractivity contribution in [2.75, 3.05) is 0 Å². The van der Waals surface area contributed by atoms with Gasteiger partial charge in [-0.15, -0.1) is 0 Å². The molecular weight excluding hydrogens is 368 g/mol. The molecule has 0 bridgehead atoms. The Bertz CT molecular complexity index is 791. The highest BCUT2D eigenvalue weighted by Crippen LogP contribution is 2.67. The Morgan fingerprint density at radius 1 is 1.10 bits per heavy atom. The first-order chi connectivity index (χ1) is 14.4. The van der Waals surface area contributed by atoms with Crippen LogP contribution in [-0.4, -0.2) is 21.2 Å². The predicted octanol–water partition coefficient (Wildman–Crippen LogP) is 5.99. The minimum atomic E-state index is -0.0965. The van der Waals surface area contributed by atoms with Gasteiger partial charge in [-0.05, 0) is 105 Å². The van der Waals surface area contributed by atoms with Gasteiger partial charge in [0, 0.05) is 18.6 Å². The van der Waals surface area contributed by atoms with E-state index in [1.165, 1.54) is 44.9 Å². The summed E-state index contributed by atoms with van der Waals surface area (Å²) in [7, 11) is 0. The van der Waals surface area contributed by atoms with E-state index in [1.54, 1.807) is 11.8 Å². The van der Waals surface area contributed by atoms with Crippen molar-refractivity contribution in [1.82, 2.24) is 9.97 Å². The van der Waals surface area contributed by atoms with Crippen molar-refractivity contribution in [2.45, 2.75) is 91.1 Å². The predicted molar refractivity (Wildman–Crippen MR) is 121 cm³/mol. The Hall–Kier alpha value is -1.22. The Labute approximate surface area is 182 Å². The lowest BCUT2D eigenvalue weighted by Crippen LogP contribution is -2.50. The van der Waals surface area contributed by atoms with Crippen LogP contribution in [-0.2, 0) is 6.42 Å². The molecule has 1 aromatic heterocycles. The largest absolute Gasteiger partial charge is 0.393 e. The summed E-state index contributed by atoms with van der Waals surface area (Å²) in [4.78, 5) is 8.74. The molecule has 0 spiro atoms. The van der Waals surface area contributed by atoms with Crippen LogP contribution in [0.3, 0.4) is 0 Å². The van der Waals surface area contributed by atoms with Gasteiger partial charge >= 0.3 is 0 Å². The first kappa shape index (κ1) is 20.7. The first-order valence-corrected chi connectivity index (χ1v) is 12.5. The van der Waals surface area contributed by atoms with E-state index in [2.05, 4.69) is 36.8 Å². The van der Waals surface area contributed by atoms with Crippen LogP contribution in [0.15, 0.2) is 30.2 Å². The maximum Gasteiger partial charge on any atom is 0.0586 e. The van der Waals surface area contributed by atoms with Gasteiger partial charge in [0.2, 0.25) is 0 Å². The third kappa shape index (κ3) is 3.27. The fourth-order valence-corrected chi connectivity index (χ4v) is 8.65. The molecule has 0 radical (unpaired) electrons. The number of fused-ring (bicyclic) bond motifs is 5. The van der Waals surface area contributed by atoms with Crippen molar-refractivity contribution in [1.29, 1.82) is 0 Å². The van der Waals surface area contributed by atoms with Crippen molar-refractivity contribution in [2.24, 2.45) is 40.4 Å². The van der Waals surface area contributed by atoms with E-state index in [0.717, 1.165) is 54.5 Å². The zero-order valence-electron chi connectivity index (χ0n) is 19.2. The molecule has 0 aliphatic heterocycles. The normalized spacial score (nSPS) is 43.9. The van der Waals surface area contributed by atoms with E-state index in [4.69, 9.17) is 0 Å². The van der Waals surface area contributed by atoms with Gasteiger partial charge in [-0.2, -0.15) is 0 Å². The highest BCUT2D eigenvalue weighted by Gasteiger charge is 2.59. The van der Waals surface area contributed by atoms with Crippen molar-refractivity contribution < 1.29 is 5.11 Å². The van der Waals surface area contributed by atoms with E-state index in [9.17, 15) is 5.11 Å². The third-order valence-corrected chi connectivity index (χ3v) is 10.3. The van der Waals surface area contributed by atoms with Crippen LogP contribution in [0, 0.1) is 40.4 Å². The molecule has 0 aromatic carbocycles. The van der Waals surface area contributed by atoms with Gasteiger partial charge in [0.1, 0.15) is 0 Å². The Morgan fingerprint density at radius 3 is 2.77 bits per heavy atom. The average Bonchev–Trinajstić information content (AvgIpc) is 3.10. The standard InChI is InChI=1S/C27H40N2O/c1-18(4-6-20-17-28-14-15-29-20)23-8-9-24-22-7-5-19-16-21(30)10-12-26(19,2)25(22)11-13-27(23,24)3/h5,14-15,17-18,21-25,30H,4,6-13,16H2,1-3H3/t18-,21+,22+,23-,24+,25+,26+,27-/m1/s1. The number of aliphatic hydroxyl groups is 1. The van der Waals surface area contributed by atoms with Crippen molar-refractivity contribution in [3.63, 3.8) is 0 Å². The molecule has 3 heteroatoms. The molecule has 8 atom stereocenters. The van der Waals surface area contributed by atoms with Gasteiger partial charge in [0.05, 0.1) is 11.8 Å². The van der Waals surface area contributed by atoms with Gasteiger partial charge in [0.15, 0.2) is 0 Å². The Kier molecular flexibility index (Phi) is 5.32. The summed E-state index contributed by atoms with van der Waals surface area (Å²) in [5, 5.41) is 10.2. The number of nitrogens with zero attached hydrogens (tertiary/aromatic N) is 2. The van der Waals surface area contributed by atoms with E-state index in [1.807, 2.05) is 12.4 Å². The molecular formula is C27H40N2O. The molecule has 3 fully saturated rings. The van der Waals surface area contributed by atoms with Crippen LogP contribution >= 0.6 is 0 Å². The summed E-state index contributed by atoms with van der Waals surface area (Å²) in [6.07, 6.45) is 20.3. The maximum absolute atomic E-state index is 10.2. The maximum atomic E-state index is 10.2. The molecule has 4 aliphatic carbocycles. The summed E-state index contributed by atoms with van der Waals surface area (Å²) in [5.41, 5.74) is 3.61.